The number of benzene rings is 1. The van der Waals surface area contributed by atoms with Crippen LogP contribution in [0.15, 0.2) is 42.6 Å². The Labute approximate surface area is 190 Å². The van der Waals surface area contributed by atoms with Crippen molar-refractivity contribution in [2.45, 2.75) is 45.3 Å². The third-order valence-electron chi connectivity index (χ3n) is 6.38. The number of nitrogens with one attached hydrogen (secondary N) is 1. The molecule has 5 rings (SSSR count). The molecule has 32 heavy (non-hydrogen) atoms. The first kappa shape index (κ1) is 20.7. The number of rotatable bonds is 5. The summed E-state index contributed by atoms with van der Waals surface area (Å²) in [6, 6.07) is 10.4. The average Bonchev–Trinajstić information content (AvgIpc) is 3.25. The molecule has 2 amide bonds. The van der Waals surface area contributed by atoms with Gasteiger partial charge in [-0.25, -0.2) is 4.98 Å². The summed E-state index contributed by atoms with van der Waals surface area (Å²) in [5.41, 5.74) is 2.49. The van der Waals surface area contributed by atoms with E-state index < -0.39 is 6.04 Å². The summed E-state index contributed by atoms with van der Waals surface area (Å²) in [5.74, 6) is 0.313. The molecule has 3 aromatic rings. The number of Topliss-reactive ketones (excluding diaryl/α,β-unsaturated/α-hetero) is 1. The molecule has 1 aliphatic heterocycles. The highest BCUT2D eigenvalue weighted by Gasteiger charge is 2.56. The van der Waals surface area contributed by atoms with Gasteiger partial charge in [-0.05, 0) is 56.9 Å². The van der Waals surface area contributed by atoms with Crippen molar-refractivity contribution in [3.8, 4) is 0 Å². The van der Waals surface area contributed by atoms with Crippen LogP contribution >= 0.6 is 11.6 Å². The number of ketones is 1. The molecule has 0 radical (unpaired) electrons. The number of aromatic nitrogens is 2. The highest BCUT2D eigenvalue weighted by atomic mass is 35.5. The zero-order valence-electron chi connectivity index (χ0n) is 17.8. The van der Waals surface area contributed by atoms with Crippen LogP contribution in [0.2, 0.25) is 5.15 Å². The molecule has 1 aliphatic carbocycles. The minimum atomic E-state index is -0.539. The number of halogens is 1. The van der Waals surface area contributed by atoms with E-state index in [1.54, 1.807) is 29.3 Å². The van der Waals surface area contributed by atoms with E-state index >= 15 is 0 Å². The van der Waals surface area contributed by atoms with E-state index in [-0.39, 0.29) is 30.2 Å². The molecular weight excluding hydrogens is 428 g/mol. The molecule has 164 valence electrons. The van der Waals surface area contributed by atoms with Crippen LogP contribution in [-0.2, 0) is 16.1 Å². The Morgan fingerprint density at radius 2 is 2.00 bits per heavy atom. The third-order valence-corrected chi connectivity index (χ3v) is 6.59. The Hall–Kier alpha value is -3.19. The lowest BCUT2D eigenvalue weighted by Crippen LogP contribution is -2.46. The average molecular weight is 451 g/mol. The molecule has 3 heterocycles. The number of carbonyl (C=O) groups excluding carboxylic acids is 3. The van der Waals surface area contributed by atoms with Crippen LogP contribution in [0.5, 0.6) is 0 Å². The Balaban J connectivity index is 1.39. The maximum atomic E-state index is 13.4. The van der Waals surface area contributed by atoms with E-state index in [1.807, 2.05) is 29.7 Å². The van der Waals surface area contributed by atoms with Crippen molar-refractivity contribution in [1.82, 2.24) is 14.5 Å². The fraction of sp³-hybridized carbons (Fsp3) is 0.333. The zero-order chi connectivity index (χ0) is 22.6. The number of fused-ring (bicyclic) bond motifs is 2. The highest BCUT2D eigenvalue weighted by Crippen LogP contribution is 2.48. The fourth-order valence-corrected chi connectivity index (χ4v) is 4.95. The number of likely N-dealkylation sites (tertiary alicyclic amines) is 1. The van der Waals surface area contributed by atoms with Crippen LogP contribution in [0.3, 0.4) is 0 Å². The number of pyridine rings is 1. The molecule has 2 aliphatic rings. The van der Waals surface area contributed by atoms with Crippen LogP contribution < -0.4 is 5.32 Å². The summed E-state index contributed by atoms with van der Waals surface area (Å²) in [6.45, 7) is 3.58. The number of hydrogen-bond acceptors (Lipinski definition) is 4. The van der Waals surface area contributed by atoms with Crippen LogP contribution in [-0.4, -0.2) is 44.1 Å². The van der Waals surface area contributed by atoms with Crippen LogP contribution in [0.25, 0.3) is 10.9 Å². The molecule has 1 aromatic carbocycles. The van der Waals surface area contributed by atoms with Crippen molar-refractivity contribution >= 4 is 45.9 Å². The number of hydrogen-bond donors (Lipinski definition) is 1. The van der Waals surface area contributed by atoms with Gasteiger partial charge in [0.2, 0.25) is 11.8 Å². The summed E-state index contributed by atoms with van der Waals surface area (Å²) < 4.78 is 1.82. The van der Waals surface area contributed by atoms with Crippen molar-refractivity contribution in [2.75, 3.05) is 5.32 Å². The highest BCUT2D eigenvalue weighted by molar-refractivity contribution is 6.29. The zero-order valence-corrected chi connectivity index (χ0v) is 18.6. The van der Waals surface area contributed by atoms with E-state index in [0.717, 1.165) is 22.9 Å². The second-order valence-corrected chi connectivity index (χ2v) is 9.09. The third kappa shape index (κ3) is 3.66. The minimum absolute atomic E-state index is 0.0403. The van der Waals surface area contributed by atoms with Crippen molar-refractivity contribution in [1.29, 1.82) is 0 Å². The molecule has 0 spiro atoms. The Bertz CT molecular complexity index is 1270. The van der Waals surface area contributed by atoms with E-state index in [1.165, 1.54) is 6.92 Å². The van der Waals surface area contributed by atoms with Gasteiger partial charge in [0.1, 0.15) is 23.6 Å². The van der Waals surface area contributed by atoms with Crippen LogP contribution in [0.4, 0.5) is 5.82 Å². The van der Waals surface area contributed by atoms with Crippen LogP contribution in [0.1, 0.15) is 35.7 Å². The summed E-state index contributed by atoms with van der Waals surface area (Å²) in [7, 11) is 0. The number of anilines is 1. The van der Waals surface area contributed by atoms with Crippen molar-refractivity contribution < 1.29 is 14.4 Å². The number of nitrogens with zero attached hydrogens (tertiary/aromatic N) is 3. The monoisotopic (exact) mass is 450 g/mol. The van der Waals surface area contributed by atoms with Gasteiger partial charge < -0.3 is 14.8 Å². The van der Waals surface area contributed by atoms with E-state index in [0.29, 0.717) is 28.9 Å². The number of amides is 2. The van der Waals surface area contributed by atoms with Gasteiger partial charge in [-0.2, -0.15) is 0 Å². The first-order valence-electron chi connectivity index (χ1n) is 10.7. The summed E-state index contributed by atoms with van der Waals surface area (Å²) in [6.07, 6.45) is 3.32. The maximum Gasteiger partial charge on any atom is 0.248 e. The molecule has 0 bridgehead atoms. The smallest absolute Gasteiger partial charge is 0.248 e. The first-order chi connectivity index (χ1) is 15.3. The summed E-state index contributed by atoms with van der Waals surface area (Å²) >= 11 is 5.92. The normalized spacial score (nSPS) is 21.5. The first-order valence-corrected chi connectivity index (χ1v) is 11.0. The van der Waals surface area contributed by atoms with Gasteiger partial charge in [0.15, 0.2) is 5.78 Å². The van der Waals surface area contributed by atoms with Crippen molar-refractivity contribution in [3.05, 3.63) is 58.9 Å². The molecule has 0 unspecified atom stereocenters. The number of piperidine rings is 1. The lowest BCUT2D eigenvalue weighted by atomic mass is 10.1. The fourth-order valence-electron chi connectivity index (χ4n) is 4.79. The van der Waals surface area contributed by atoms with E-state index in [4.69, 9.17) is 11.6 Å². The molecule has 3 atom stereocenters. The van der Waals surface area contributed by atoms with Crippen molar-refractivity contribution in [2.24, 2.45) is 5.92 Å². The SMILES string of the molecule is CC(=O)c1cn(CC(=O)N2[C@@H]3C[C@@H]3C[C@H]2C(=O)Nc2cccc(Cl)n2)c2ccc(C)cc12. The minimum Gasteiger partial charge on any atom is -0.337 e. The summed E-state index contributed by atoms with van der Waals surface area (Å²) in [4.78, 5) is 44.3. The second-order valence-electron chi connectivity index (χ2n) is 8.70. The van der Waals surface area contributed by atoms with Gasteiger partial charge in [0.05, 0.1) is 0 Å². The predicted molar refractivity (Wildman–Crippen MR) is 122 cm³/mol. The lowest BCUT2D eigenvalue weighted by molar-refractivity contribution is -0.138. The van der Waals surface area contributed by atoms with Gasteiger partial charge in [-0.3, -0.25) is 14.4 Å². The van der Waals surface area contributed by atoms with Gasteiger partial charge in [-0.15, -0.1) is 0 Å². The molecule has 7 nitrogen and oxygen atoms in total. The van der Waals surface area contributed by atoms with Gasteiger partial charge in [0.25, 0.3) is 0 Å². The van der Waals surface area contributed by atoms with E-state index in [2.05, 4.69) is 10.3 Å². The molecular formula is C24H23ClN4O3. The molecule has 2 fully saturated rings. The van der Waals surface area contributed by atoms with Crippen LogP contribution in [0, 0.1) is 12.8 Å². The molecule has 8 heteroatoms. The Morgan fingerprint density at radius 3 is 2.75 bits per heavy atom. The van der Waals surface area contributed by atoms with E-state index in [9.17, 15) is 14.4 Å². The topological polar surface area (TPSA) is 84.3 Å². The number of carbonyl (C=O) groups is 3. The maximum absolute atomic E-state index is 13.4. The molecule has 2 aromatic heterocycles. The van der Waals surface area contributed by atoms with Gasteiger partial charge in [0, 0.05) is 28.7 Å². The largest absolute Gasteiger partial charge is 0.337 e. The second kappa shape index (κ2) is 7.74. The molecule has 1 saturated heterocycles. The van der Waals surface area contributed by atoms with Crippen molar-refractivity contribution in [3.63, 3.8) is 0 Å². The predicted octanol–water partition coefficient (Wildman–Crippen LogP) is 3.83. The molecule has 1 N–H and O–H groups in total. The van der Waals surface area contributed by atoms with Gasteiger partial charge in [-0.1, -0.05) is 29.3 Å². The molecule has 1 saturated carbocycles. The standard InChI is InChI=1S/C24H23ClN4O3/c1-13-6-7-18-16(8-13)17(14(2)30)11-28(18)12-23(31)29-19-9-15(19)10-20(29)24(32)27-22-5-3-4-21(25)26-22/h3-8,11,15,19-20H,9-10,12H2,1-2H3,(H,26,27,32)/t15-,19-,20+/m1/s1. The van der Waals surface area contributed by atoms with Gasteiger partial charge >= 0.3 is 0 Å². The number of aryl methyl sites for hydroxylation is 1. The quantitative estimate of drug-likeness (QED) is 0.473. The summed E-state index contributed by atoms with van der Waals surface area (Å²) in [5, 5.41) is 3.93. The Morgan fingerprint density at radius 1 is 1.19 bits per heavy atom. The Kier molecular flexibility index (Phi) is 5.01. The lowest BCUT2D eigenvalue weighted by Gasteiger charge is -2.27.